The second-order valence-electron chi connectivity index (χ2n) is 3.69. The van der Waals surface area contributed by atoms with Crippen molar-refractivity contribution in [2.45, 2.75) is 27.7 Å². The molecule has 0 saturated heterocycles. The maximum absolute atomic E-state index is 11.0. The highest BCUT2D eigenvalue weighted by Gasteiger charge is 2.32. The molecule has 3 heteroatoms. The molecule has 13 heavy (non-hydrogen) atoms. The van der Waals surface area contributed by atoms with Crippen LogP contribution < -0.4 is 5.73 Å². The third kappa shape index (κ3) is 2.59. The number of nitrogens with two attached hydrogens (primary N) is 1. The Morgan fingerprint density at radius 3 is 2.31 bits per heavy atom. The highest BCUT2D eigenvalue weighted by molar-refractivity contribution is 5.86. The molecule has 0 bridgehead atoms. The largest absolute Gasteiger partial charge is 0.368 e. The van der Waals surface area contributed by atoms with Gasteiger partial charge in [0.2, 0.25) is 5.91 Å². The topological polar surface area (TPSA) is 66.9 Å². The normalized spacial score (nSPS) is 16.5. The number of carbonyl (C=O) groups excluding carboxylic acids is 1. The molecule has 1 atom stereocenters. The van der Waals surface area contributed by atoms with Gasteiger partial charge in [0.15, 0.2) is 5.41 Å². The van der Waals surface area contributed by atoms with Crippen molar-refractivity contribution >= 4 is 5.91 Å². The van der Waals surface area contributed by atoms with E-state index in [1.54, 1.807) is 13.8 Å². The number of amides is 1. The van der Waals surface area contributed by atoms with Gasteiger partial charge in [-0.2, -0.15) is 5.26 Å². The van der Waals surface area contributed by atoms with Crippen LogP contribution in [0.2, 0.25) is 0 Å². The van der Waals surface area contributed by atoms with Gasteiger partial charge in [0.1, 0.15) is 0 Å². The van der Waals surface area contributed by atoms with E-state index >= 15 is 0 Å². The predicted octanol–water partition coefficient (Wildman–Crippen LogP) is 1.60. The maximum Gasteiger partial charge on any atom is 0.241 e. The van der Waals surface area contributed by atoms with E-state index in [-0.39, 0.29) is 0 Å². The molecular weight excluding hydrogens is 164 g/mol. The molecule has 72 valence electrons. The minimum atomic E-state index is -1.16. The van der Waals surface area contributed by atoms with Crippen LogP contribution in [0.3, 0.4) is 0 Å². The number of hydrogen-bond donors (Lipinski definition) is 1. The number of carbonyl (C=O) groups is 1. The van der Waals surface area contributed by atoms with Crippen LogP contribution in [0.25, 0.3) is 0 Å². The molecule has 0 aliphatic carbocycles. The summed E-state index contributed by atoms with van der Waals surface area (Å²) < 4.78 is 0. The number of hydrogen-bond acceptors (Lipinski definition) is 2. The monoisotopic (exact) mass is 180 g/mol. The van der Waals surface area contributed by atoms with Crippen LogP contribution in [0.4, 0.5) is 0 Å². The van der Waals surface area contributed by atoms with Crippen LogP contribution in [0.15, 0.2) is 11.6 Å². The third-order valence-electron chi connectivity index (χ3n) is 2.09. The first-order chi connectivity index (χ1) is 5.84. The van der Waals surface area contributed by atoms with Crippen molar-refractivity contribution in [1.82, 2.24) is 0 Å². The van der Waals surface area contributed by atoms with E-state index in [2.05, 4.69) is 0 Å². The summed E-state index contributed by atoms with van der Waals surface area (Å²) >= 11 is 0. The average molecular weight is 180 g/mol. The number of allylic oxidation sites excluding steroid dienone is 1. The zero-order chi connectivity index (χ0) is 10.6. The first-order valence-corrected chi connectivity index (χ1v) is 4.24. The Hall–Kier alpha value is -1.30. The molecule has 1 unspecified atom stereocenters. The quantitative estimate of drug-likeness (QED) is 0.670. The van der Waals surface area contributed by atoms with Gasteiger partial charge in [-0.1, -0.05) is 19.9 Å². The maximum atomic E-state index is 11.0. The fraction of sp³-hybridized carbons (Fsp3) is 0.600. The highest BCUT2D eigenvalue weighted by atomic mass is 16.1. The molecule has 0 heterocycles. The van der Waals surface area contributed by atoms with Crippen molar-refractivity contribution in [2.75, 3.05) is 0 Å². The molecule has 3 nitrogen and oxygen atoms in total. The van der Waals surface area contributed by atoms with Crippen molar-refractivity contribution < 1.29 is 4.79 Å². The van der Waals surface area contributed by atoms with Crippen molar-refractivity contribution in [3.05, 3.63) is 11.6 Å². The Bertz CT molecular complexity index is 273. The molecular formula is C10H16N2O. The first-order valence-electron chi connectivity index (χ1n) is 4.24. The third-order valence-corrected chi connectivity index (χ3v) is 2.09. The summed E-state index contributed by atoms with van der Waals surface area (Å²) in [5, 5.41) is 8.85. The Balaban J connectivity index is 5.02. The molecule has 0 spiro atoms. The zero-order valence-corrected chi connectivity index (χ0v) is 8.59. The molecule has 0 saturated carbocycles. The van der Waals surface area contributed by atoms with Crippen LogP contribution >= 0.6 is 0 Å². The molecule has 0 rings (SSSR count). The Morgan fingerprint density at radius 1 is 1.62 bits per heavy atom. The van der Waals surface area contributed by atoms with Gasteiger partial charge in [-0.15, -0.1) is 0 Å². The highest BCUT2D eigenvalue weighted by Crippen LogP contribution is 2.26. The van der Waals surface area contributed by atoms with Gasteiger partial charge < -0.3 is 5.73 Å². The van der Waals surface area contributed by atoms with Crippen LogP contribution in [0, 0.1) is 22.7 Å². The Labute approximate surface area is 79.2 Å². The molecule has 0 aromatic carbocycles. The number of rotatable bonds is 3. The van der Waals surface area contributed by atoms with Crippen molar-refractivity contribution in [3.63, 3.8) is 0 Å². The number of nitriles is 1. The molecule has 0 aliphatic heterocycles. The van der Waals surface area contributed by atoms with E-state index < -0.39 is 11.3 Å². The van der Waals surface area contributed by atoms with E-state index in [0.717, 1.165) is 5.57 Å². The summed E-state index contributed by atoms with van der Waals surface area (Å²) in [7, 11) is 0. The lowest BCUT2D eigenvalue weighted by molar-refractivity contribution is -0.122. The molecule has 0 aliphatic rings. The lowest BCUT2D eigenvalue weighted by Crippen LogP contribution is -2.34. The fourth-order valence-electron chi connectivity index (χ4n) is 1.00. The minimum Gasteiger partial charge on any atom is -0.368 e. The number of primary amides is 1. The summed E-state index contributed by atoms with van der Waals surface area (Å²) in [6, 6.07) is 1.94. The smallest absolute Gasteiger partial charge is 0.241 e. The second-order valence-corrected chi connectivity index (χ2v) is 3.69. The summed E-state index contributed by atoms with van der Waals surface area (Å²) in [4.78, 5) is 11.0. The molecule has 0 fully saturated rings. The zero-order valence-electron chi connectivity index (χ0n) is 8.59. The Kier molecular flexibility index (Phi) is 3.68. The second kappa shape index (κ2) is 4.08. The standard InChI is InChI=1S/C10H16N2O/c1-7(2)5-8(3)10(4,6-11)9(12)13/h5,7H,1-4H3,(H2,12,13). The van der Waals surface area contributed by atoms with Gasteiger partial charge in [0.05, 0.1) is 6.07 Å². The van der Waals surface area contributed by atoms with E-state index in [1.807, 2.05) is 26.0 Å². The summed E-state index contributed by atoms with van der Waals surface area (Å²) in [6.45, 7) is 7.28. The molecule has 1 amide bonds. The fourth-order valence-corrected chi connectivity index (χ4v) is 1.00. The molecule has 0 aromatic heterocycles. The molecule has 0 radical (unpaired) electrons. The van der Waals surface area contributed by atoms with E-state index in [1.165, 1.54) is 0 Å². The summed E-state index contributed by atoms with van der Waals surface area (Å²) in [5.41, 5.74) is 4.71. The van der Waals surface area contributed by atoms with Crippen molar-refractivity contribution in [2.24, 2.45) is 17.1 Å². The van der Waals surface area contributed by atoms with Crippen LogP contribution in [-0.2, 0) is 4.79 Å². The Morgan fingerprint density at radius 2 is 2.08 bits per heavy atom. The predicted molar refractivity (Wildman–Crippen MR) is 51.5 cm³/mol. The van der Waals surface area contributed by atoms with Gasteiger partial charge in [-0.05, 0) is 25.3 Å². The SMILES string of the molecule is CC(=CC(C)C)C(C)(C#N)C(N)=O. The van der Waals surface area contributed by atoms with E-state index in [4.69, 9.17) is 11.0 Å². The minimum absolute atomic E-state index is 0.312. The van der Waals surface area contributed by atoms with Gasteiger partial charge in [-0.25, -0.2) is 0 Å². The van der Waals surface area contributed by atoms with Crippen LogP contribution in [0.5, 0.6) is 0 Å². The van der Waals surface area contributed by atoms with Gasteiger partial charge in [0, 0.05) is 0 Å². The van der Waals surface area contributed by atoms with Crippen molar-refractivity contribution in [1.29, 1.82) is 5.26 Å². The van der Waals surface area contributed by atoms with Gasteiger partial charge in [-0.3, -0.25) is 4.79 Å². The summed E-state index contributed by atoms with van der Waals surface area (Å²) in [6.07, 6.45) is 1.88. The van der Waals surface area contributed by atoms with E-state index in [9.17, 15) is 4.79 Å². The lowest BCUT2D eigenvalue weighted by Gasteiger charge is -2.18. The lowest BCUT2D eigenvalue weighted by atomic mass is 9.82. The summed E-state index contributed by atoms with van der Waals surface area (Å²) in [5.74, 6) is -0.281. The molecule has 2 N–H and O–H groups in total. The van der Waals surface area contributed by atoms with Crippen LogP contribution in [-0.4, -0.2) is 5.91 Å². The number of nitrogens with zero attached hydrogens (tertiary/aromatic N) is 1. The first kappa shape index (κ1) is 11.7. The van der Waals surface area contributed by atoms with E-state index in [0.29, 0.717) is 5.92 Å². The van der Waals surface area contributed by atoms with Gasteiger partial charge >= 0.3 is 0 Å². The molecule has 0 aromatic rings. The average Bonchev–Trinajstić information content (AvgIpc) is 2.01. The van der Waals surface area contributed by atoms with Crippen LogP contribution in [0.1, 0.15) is 27.7 Å². The van der Waals surface area contributed by atoms with Gasteiger partial charge in [0.25, 0.3) is 0 Å². The van der Waals surface area contributed by atoms with Crippen molar-refractivity contribution in [3.8, 4) is 6.07 Å².